The number of anilines is 1. The van der Waals surface area contributed by atoms with E-state index in [4.69, 9.17) is 4.74 Å². The zero-order valence-corrected chi connectivity index (χ0v) is 15.4. The van der Waals surface area contributed by atoms with Gasteiger partial charge in [0, 0.05) is 24.6 Å². The molecule has 0 bridgehead atoms. The molecular formula is C17H30N2O2S. The van der Waals surface area contributed by atoms with Crippen LogP contribution in [0.5, 0.6) is 0 Å². The van der Waals surface area contributed by atoms with Gasteiger partial charge < -0.3 is 10.1 Å². The average Bonchev–Trinajstić information content (AvgIpc) is 2.93. The van der Waals surface area contributed by atoms with Gasteiger partial charge in [0.1, 0.15) is 0 Å². The number of rotatable bonds is 10. The molecule has 0 aliphatic carbocycles. The molecule has 1 aromatic heterocycles. The van der Waals surface area contributed by atoms with E-state index < -0.39 is 0 Å². The summed E-state index contributed by atoms with van der Waals surface area (Å²) >= 11 is 1.59. The van der Waals surface area contributed by atoms with Gasteiger partial charge in [-0.3, -0.25) is 4.79 Å². The van der Waals surface area contributed by atoms with Crippen molar-refractivity contribution >= 4 is 22.4 Å². The van der Waals surface area contributed by atoms with E-state index in [0.29, 0.717) is 12.3 Å². The van der Waals surface area contributed by atoms with E-state index >= 15 is 0 Å². The first-order valence-corrected chi connectivity index (χ1v) is 9.00. The Morgan fingerprint density at radius 3 is 2.82 bits per heavy atom. The third kappa shape index (κ3) is 6.88. The lowest BCUT2D eigenvalue weighted by atomic mass is 9.96. The van der Waals surface area contributed by atoms with Crippen LogP contribution in [-0.4, -0.2) is 23.6 Å². The summed E-state index contributed by atoms with van der Waals surface area (Å²) in [4.78, 5) is 17.3. The summed E-state index contributed by atoms with van der Waals surface area (Å²) in [5.41, 5.74) is -0.0498. The van der Waals surface area contributed by atoms with Crippen LogP contribution < -0.4 is 5.32 Å². The Balaban J connectivity index is 2.41. The molecule has 126 valence electrons. The highest BCUT2D eigenvalue weighted by Gasteiger charge is 2.17. The number of unbranched alkanes of at least 4 members (excludes halogenated alkanes) is 1. The number of carbonyl (C=O) groups excluding carboxylic acids is 1. The van der Waals surface area contributed by atoms with Crippen molar-refractivity contribution < 1.29 is 9.53 Å². The quantitative estimate of drug-likeness (QED) is 0.660. The number of methoxy groups -OCH3 is 1. The Labute approximate surface area is 138 Å². The van der Waals surface area contributed by atoms with Crippen molar-refractivity contribution in [3.63, 3.8) is 0 Å². The Kier molecular flexibility index (Phi) is 8.04. The lowest BCUT2D eigenvalue weighted by Gasteiger charge is -2.23. The van der Waals surface area contributed by atoms with Gasteiger partial charge in [-0.05, 0) is 45.4 Å². The Bertz CT molecular complexity index is 457. The SMILES string of the molecule is CCCCC(=O)Nc1ncc(C(C)CCCC(C)(C)OC)s1. The van der Waals surface area contributed by atoms with Gasteiger partial charge in [0.2, 0.25) is 5.91 Å². The maximum Gasteiger partial charge on any atom is 0.226 e. The van der Waals surface area contributed by atoms with E-state index in [1.54, 1.807) is 18.4 Å². The molecule has 1 unspecified atom stereocenters. The van der Waals surface area contributed by atoms with Crippen molar-refractivity contribution in [3.05, 3.63) is 11.1 Å². The fourth-order valence-corrected chi connectivity index (χ4v) is 3.09. The van der Waals surface area contributed by atoms with Gasteiger partial charge in [-0.15, -0.1) is 11.3 Å². The molecule has 1 heterocycles. The molecule has 0 aliphatic heterocycles. The number of hydrogen-bond donors (Lipinski definition) is 1. The van der Waals surface area contributed by atoms with Crippen molar-refractivity contribution in [2.24, 2.45) is 0 Å². The molecule has 1 aromatic rings. The molecule has 1 N–H and O–H groups in total. The molecule has 5 heteroatoms. The van der Waals surface area contributed by atoms with Crippen LogP contribution >= 0.6 is 11.3 Å². The maximum absolute atomic E-state index is 11.7. The monoisotopic (exact) mass is 326 g/mol. The third-order valence-electron chi connectivity index (χ3n) is 3.98. The van der Waals surface area contributed by atoms with Gasteiger partial charge in [-0.2, -0.15) is 0 Å². The summed E-state index contributed by atoms with van der Waals surface area (Å²) in [6.45, 7) is 8.54. The lowest BCUT2D eigenvalue weighted by molar-refractivity contribution is -0.116. The summed E-state index contributed by atoms with van der Waals surface area (Å²) in [6, 6.07) is 0. The van der Waals surface area contributed by atoms with E-state index in [9.17, 15) is 4.79 Å². The largest absolute Gasteiger partial charge is 0.379 e. The second kappa shape index (κ2) is 9.26. The zero-order chi connectivity index (χ0) is 16.6. The predicted octanol–water partition coefficient (Wildman–Crippen LogP) is 4.97. The van der Waals surface area contributed by atoms with E-state index in [1.165, 1.54) is 4.88 Å². The first-order valence-electron chi connectivity index (χ1n) is 8.18. The number of nitrogens with zero attached hydrogens (tertiary/aromatic N) is 1. The van der Waals surface area contributed by atoms with Crippen molar-refractivity contribution in [1.29, 1.82) is 0 Å². The zero-order valence-electron chi connectivity index (χ0n) is 14.6. The summed E-state index contributed by atoms with van der Waals surface area (Å²) < 4.78 is 5.45. The highest BCUT2D eigenvalue weighted by atomic mass is 32.1. The fraction of sp³-hybridized carbons (Fsp3) is 0.765. The average molecular weight is 327 g/mol. The minimum absolute atomic E-state index is 0.0498. The van der Waals surface area contributed by atoms with E-state index in [1.807, 2.05) is 6.20 Å². The number of nitrogens with one attached hydrogen (secondary N) is 1. The van der Waals surface area contributed by atoms with Gasteiger partial charge in [0.25, 0.3) is 0 Å². The van der Waals surface area contributed by atoms with Crippen LogP contribution in [0.2, 0.25) is 0 Å². The first kappa shape index (κ1) is 19.1. The molecular weight excluding hydrogens is 296 g/mol. The first-order chi connectivity index (χ1) is 10.4. The normalized spacial score (nSPS) is 13.1. The molecule has 4 nitrogen and oxygen atoms in total. The summed E-state index contributed by atoms with van der Waals surface area (Å²) in [7, 11) is 1.76. The standard InChI is InChI=1S/C17H30N2O2S/c1-6-7-10-15(20)19-16-18-12-14(22-16)13(2)9-8-11-17(3,4)21-5/h12-13H,6-11H2,1-5H3,(H,18,19,20). The number of hydrogen-bond acceptors (Lipinski definition) is 4. The van der Waals surface area contributed by atoms with Gasteiger partial charge in [0.05, 0.1) is 5.60 Å². The highest BCUT2D eigenvalue weighted by molar-refractivity contribution is 7.15. The van der Waals surface area contributed by atoms with Crippen LogP contribution in [0, 0.1) is 0 Å². The van der Waals surface area contributed by atoms with Gasteiger partial charge in [-0.1, -0.05) is 20.3 Å². The molecule has 0 fully saturated rings. The third-order valence-corrected chi connectivity index (χ3v) is 5.13. The van der Waals surface area contributed by atoms with E-state index in [-0.39, 0.29) is 11.5 Å². The molecule has 0 radical (unpaired) electrons. The Morgan fingerprint density at radius 1 is 1.45 bits per heavy atom. The molecule has 1 atom stereocenters. The highest BCUT2D eigenvalue weighted by Crippen LogP contribution is 2.30. The topological polar surface area (TPSA) is 51.2 Å². The lowest BCUT2D eigenvalue weighted by Crippen LogP contribution is -2.22. The van der Waals surface area contributed by atoms with Gasteiger partial charge in [-0.25, -0.2) is 4.98 Å². The molecule has 0 saturated heterocycles. The minimum Gasteiger partial charge on any atom is -0.379 e. The molecule has 1 amide bonds. The maximum atomic E-state index is 11.7. The number of thiazole rings is 1. The smallest absolute Gasteiger partial charge is 0.226 e. The fourth-order valence-electron chi connectivity index (χ4n) is 2.17. The number of carbonyl (C=O) groups is 1. The minimum atomic E-state index is -0.0498. The van der Waals surface area contributed by atoms with Crippen LogP contribution in [-0.2, 0) is 9.53 Å². The van der Waals surface area contributed by atoms with Crippen LogP contribution in [0.4, 0.5) is 5.13 Å². The number of aromatic nitrogens is 1. The van der Waals surface area contributed by atoms with Crippen molar-refractivity contribution in [2.45, 2.75) is 77.7 Å². The molecule has 22 heavy (non-hydrogen) atoms. The van der Waals surface area contributed by atoms with Crippen LogP contribution in [0.15, 0.2) is 6.20 Å². The molecule has 0 saturated carbocycles. The summed E-state index contributed by atoms with van der Waals surface area (Å²) in [6.07, 6.45) is 7.71. The molecule has 0 spiro atoms. The summed E-state index contributed by atoms with van der Waals surface area (Å²) in [5, 5.41) is 3.61. The van der Waals surface area contributed by atoms with E-state index in [0.717, 1.165) is 37.2 Å². The number of amides is 1. The Hall–Kier alpha value is -0.940. The van der Waals surface area contributed by atoms with Crippen LogP contribution in [0.25, 0.3) is 0 Å². The Morgan fingerprint density at radius 2 is 2.18 bits per heavy atom. The van der Waals surface area contributed by atoms with Crippen LogP contribution in [0.3, 0.4) is 0 Å². The molecule has 1 rings (SSSR count). The molecule has 0 aliphatic rings. The van der Waals surface area contributed by atoms with Crippen molar-refractivity contribution in [1.82, 2.24) is 4.98 Å². The van der Waals surface area contributed by atoms with E-state index in [2.05, 4.69) is 38.0 Å². The predicted molar refractivity (Wildman–Crippen MR) is 93.6 cm³/mol. The number of ether oxygens (including phenoxy) is 1. The van der Waals surface area contributed by atoms with Crippen molar-refractivity contribution in [3.8, 4) is 0 Å². The van der Waals surface area contributed by atoms with Crippen LogP contribution in [0.1, 0.15) is 77.0 Å². The second-order valence-electron chi connectivity index (χ2n) is 6.48. The van der Waals surface area contributed by atoms with Gasteiger partial charge >= 0.3 is 0 Å². The summed E-state index contributed by atoms with van der Waals surface area (Å²) in [5.74, 6) is 0.531. The van der Waals surface area contributed by atoms with Crippen molar-refractivity contribution in [2.75, 3.05) is 12.4 Å². The molecule has 0 aromatic carbocycles. The second-order valence-corrected chi connectivity index (χ2v) is 7.54. The van der Waals surface area contributed by atoms with Gasteiger partial charge in [0.15, 0.2) is 5.13 Å².